The second-order valence-corrected chi connectivity index (χ2v) is 6.65. The minimum absolute atomic E-state index is 0.333. The number of aryl methyl sites for hydroxylation is 2. The highest BCUT2D eigenvalue weighted by Crippen LogP contribution is 2.29. The zero-order chi connectivity index (χ0) is 19.3. The molecule has 2 heterocycles. The second kappa shape index (κ2) is 6.09. The van der Waals surface area contributed by atoms with Crippen LogP contribution >= 0.6 is 0 Å². The van der Waals surface area contributed by atoms with Gasteiger partial charge in [-0.05, 0) is 55.0 Å². The molecule has 0 aliphatic heterocycles. The third-order valence-corrected chi connectivity index (χ3v) is 4.86. The van der Waals surface area contributed by atoms with E-state index in [0.29, 0.717) is 16.7 Å². The molecule has 4 rings (SSSR count). The van der Waals surface area contributed by atoms with Crippen molar-refractivity contribution in [3.63, 3.8) is 0 Å². The lowest BCUT2D eigenvalue weighted by Crippen LogP contribution is -2.37. The van der Waals surface area contributed by atoms with E-state index >= 15 is 0 Å². The number of fused-ring (bicyclic) bond motifs is 1. The lowest BCUT2D eigenvalue weighted by Gasteiger charge is -2.12. The number of rotatable bonds is 2. The molecule has 0 unspecified atom stereocenters. The number of aromatic nitrogens is 3. The Balaban J connectivity index is 2.18. The fraction of sp³-hybridized carbons (Fsp3) is 0.143. The third-order valence-electron chi connectivity index (χ3n) is 4.86. The molecule has 0 amide bonds. The summed E-state index contributed by atoms with van der Waals surface area (Å²) < 4.78 is 17.8. The summed E-state index contributed by atoms with van der Waals surface area (Å²) in [6.45, 7) is 1.99. The van der Waals surface area contributed by atoms with Crippen LogP contribution in [0.2, 0.25) is 0 Å². The van der Waals surface area contributed by atoms with Crippen LogP contribution in [0.4, 0.5) is 4.39 Å². The summed E-state index contributed by atoms with van der Waals surface area (Å²) in [5.41, 5.74) is 3.53. The van der Waals surface area contributed by atoms with Crippen LogP contribution in [0, 0.1) is 12.7 Å². The van der Waals surface area contributed by atoms with Gasteiger partial charge in [0.05, 0.1) is 11.2 Å². The average molecular weight is 363 g/mol. The molecule has 0 radical (unpaired) electrons. The van der Waals surface area contributed by atoms with Gasteiger partial charge in [0, 0.05) is 19.8 Å². The van der Waals surface area contributed by atoms with E-state index in [0.717, 1.165) is 21.4 Å². The third kappa shape index (κ3) is 2.61. The molecule has 5 nitrogen and oxygen atoms in total. The zero-order valence-electron chi connectivity index (χ0n) is 15.2. The Morgan fingerprint density at radius 3 is 2.11 bits per heavy atom. The summed E-state index contributed by atoms with van der Waals surface area (Å²) in [6.07, 6.45) is 0. The lowest BCUT2D eigenvalue weighted by molar-refractivity contribution is 0.628. The molecule has 0 aliphatic carbocycles. The maximum atomic E-state index is 13.4. The fourth-order valence-corrected chi connectivity index (χ4v) is 3.33. The van der Waals surface area contributed by atoms with Crippen LogP contribution in [0.15, 0.2) is 64.2 Å². The first kappa shape index (κ1) is 17.0. The molecular formula is C21H18FN3O2. The standard InChI is InChI=1S/C21H18FN3O2/c1-13-4-10-16(11-5-13)25-17(14-6-8-15(22)9-7-14)12-18-19(25)20(26)24(3)21(27)23(18)2/h4-12H,1-3H3. The summed E-state index contributed by atoms with van der Waals surface area (Å²) in [7, 11) is 3.10. The molecule has 0 spiro atoms. The largest absolute Gasteiger partial charge is 0.331 e. The predicted molar refractivity (Wildman–Crippen MR) is 104 cm³/mol. The molecule has 0 bridgehead atoms. The Kier molecular flexibility index (Phi) is 3.84. The van der Waals surface area contributed by atoms with E-state index in [9.17, 15) is 14.0 Å². The number of benzene rings is 2. The highest BCUT2D eigenvalue weighted by Gasteiger charge is 2.19. The Hall–Kier alpha value is -3.41. The lowest BCUT2D eigenvalue weighted by atomic mass is 10.1. The van der Waals surface area contributed by atoms with Crippen molar-refractivity contribution in [3.05, 3.63) is 86.8 Å². The molecule has 27 heavy (non-hydrogen) atoms. The molecule has 0 aliphatic rings. The maximum Gasteiger partial charge on any atom is 0.331 e. The molecule has 0 saturated carbocycles. The van der Waals surface area contributed by atoms with Crippen LogP contribution in [0.3, 0.4) is 0 Å². The molecule has 0 fully saturated rings. The molecule has 2 aromatic carbocycles. The van der Waals surface area contributed by atoms with Gasteiger partial charge in [0.25, 0.3) is 5.56 Å². The average Bonchev–Trinajstić information content (AvgIpc) is 3.06. The number of halogens is 1. The minimum atomic E-state index is -0.390. The van der Waals surface area contributed by atoms with Crippen LogP contribution < -0.4 is 11.2 Å². The van der Waals surface area contributed by atoms with Gasteiger partial charge in [-0.2, -0.15) is 0 Å². The van der Waals surface area contributed by atoms with Crippen LogP contribution in [-0.2, 0) is 14.1 Å². The minimum Gasteiger partial charge on any atom is -0.303 e. The van der Waals surface area contributed by atoms with Gasteiger partial charge in [0.2, 0.25) is 0 Å². The van der Waals surface area contributed by atoms with Gasteiger partial charge in [-0.1, -0.05) is 17.7 Å². The molecule has 0 N–H and O–H groups in total. The van der Waals surface area contributed by atoms with Gasteiger partial charge in [-0.3, -0.25) is 13.9 Å². The smallest absolute Gasteiger partial charge is 0.303 e. The molecule has 4 aromatic rings. The zero-order valence-corrected chi connectivity index (χ0v) is 15.2. The second-order valence-electron chi connectivity index (χ2n) is 6.65. The van der Waals surface area contributed by atoms with Crippen LogP contribution in [0.1, 0.15) is 5.56 Å². The van der Waals surface area contributed by atoms with Gasteiger partial charge in [-0.15, -0.1) is 0 Å². The van der Waals surface area contributed by atoms with E-state index in [4.69, 9.17) is 0 Å². The number of nitrogens with zero attached hydrogens (tertiary/aromatic N) is 3. The number of hydrogen-bond acceptors (Lipinski definition) is 2. The van der Waals surface area contributed by atoms with Crippen molar-refractivity contribution in [2.75, 3.05) is 0 Å². The quantitative estimate of drug-likeness (QED) is 0.549. The summed E-state index contributed by atoms with van der Waals surface area (Å²) >= 11 is 0. The van der Waals surface area contributed by atoms with Gasteiger partial charge in [0.1, 0.15) is 11.3 Å². The van der Waals surface area contributed by atoms with Crippen molar-refractivity contribution >= 4 is 11.0 Å². The van der Waals surface area contributed by atoms with E-state index in [1.165, 1.54) is 23.7 Å². The Morgan fingerprint density at radius 2 is 1.48 bits per heavy atom. The molecule has 0 atom stereocenters. The summed E-state index contributed by atoms with van der Waals surface area (Å²) in [4.78, 5) is 25.3. The Labute approximate surface area is 154 Å². The van der Waals surface area contributed by atoms with E-state index in [1.807, 2.05) is 35.8 Å². The van der Waals surface area contributed by atoms with Crippen molar-refractivity contribution in [1.82, 2.24) is 13.7 Å². The maximum absolute atomic E-state index is 13.4. The van der Waals surface area contributed by atoms with Gasteiger partial charge in [0.15, 0.2) is 0 Å². The van der Waals surface area contributed by atoms with Gasteiger partial charge >= 0.3 is 5.69 Å². The Bertz CT molecular complexity index is 1280. The molecule has 2 aromatic heterocycles. The van der Waals surface area contributed by atoms with E-state index in [1.54, 1.807) is 25.2 Å². The van der Waals surface area contributed by atoms with Crippen LogP contribution in [-0.4, -0.2) is 13.7 Å². The molecule has 6 heteroatoms. The van der Waals surface area contributed by atoms with E-state index in [2.05, 4.69) is 0 Å². The monoisotopic (exact) mass is 363 g/mol. The summed E-state index contributed by atoms with van der Waals surface area (Å²) in [6, 6.07) is 15.6. The first-order chi connectivity index (χ1) is 12.9. The predicted octanol–water partition coefficient (Wildman–Crippen LogP) is 3.14. The van der Waals surface area contributed by atoms with Crippen molar-refractivity contribution in [2.24, 2.45) is 14.1 Å². The van der Waals surface area contributed by atoms with Gasteiger partial charge < -0.3 is 4.57 Å². The van der Waals surface area contributed by atoms with Crippen molar-refractivity contribution < 1.29 is 4.39 Å². The van der Waals surface area contributed by atoms with Gasteiger partial charge in [-0.25, -0.2) is 9.18 Å². The van der Waals surface area contributed by atoms with Crippen LogP contribution in [0.5, 0.6) is 0 Å². The van der Waals surface area contributed by atoms with Crippen molar-refractivity contribution in [3.8, 4) is 16.9 Å². The fourth-order valence-electron chi connectivity index (χ4n) is 3.33. The van der Waals surface area contributed by atoms with Crippen LogP contribution in [0.25, 0.3) is 28.0 Å². The Morgan fingerprint density at radius 1 is 0.852 bits per heavy atom. The SMILES string of the molecule is Cc1ccc(-n2c(-c3ccc(F)cc3)cc3c2c(=O)n(C)c(=O)n3C)cc1. The first-order valence-corrected chi connectivity index (χ1v) is 8.53. The van der Waals surface area contributed by atoms with Crippen molar-refractivity contribution in [2.45, 2.75) is 6.92 Å². The highest BCUT2D eigenvalue weighted by molar-refractivity contribution is 5.86. The van der Waals surface area contributed by atoms with E-state index in [-0.39, 0.29) is 17.1 Å². The topological polar surface area (TPSA) is 48.9 Å². The molecular weight excluding hydrogens is 345 g/mol. The summed E-state index contributed by atoms with van der Waals surface area (Å²) in [5, 5.41) is 0. The van der Waals surface area contributed by atoms with Crippen molar-refractivity contribution in [1.29, 1.82) is 0 Å². The molecule has 136 valence electrons. The number of hydrogen-bond donors (Lipinski definition) is 0. The normalized spacial score (nSPS) is 11.3. The first-order valence-electron chi connectivity index (χ1n) is 8.53. The highest BCUT2D eigenvalue weighted by atomic mass is 19.1. The molecule has 0 saturated heterocycles. The summed E-state index contributed by atoms with van der Waals surface area (Å²) in [5.74, 6) is -0.333. The van der Waals surface area contributed by atoms with E-state index < -0.39 is 0 Å².